The quantitative estimate of drug-likeness (QED) is 0.539. The van der Waals surface area contributed by atoms with Gasteiger partial charge in [0, 0.05) is 37.5 Å². The van der Waals surface area contributed by atoms with Gasteiger partial charge in [0.1, 0.15) is 11.9 Å². The highest BCUT2D eigenvalue weighted by Crippen LogP contribution is 2.33. The Morgan fingerprint density at radius 2 is 2.04 bits per heavy atom. The number of aromatic nitrogens is 4. The maximum absolute atomic E-state index is 12.1. The minimum atomic E-state index is -0.508. The first kappa shape index (κ1) is 16.3. The van der Waals surface area contributed by atoms with E-state index < -0.39 is 11.8 Å². The molecular formula is C19H17N5O2. The maximum Gasteiger partial charge on any atom is 0.216 e. The van der Waals surface area contributed by atoms with E-state index in [1.165, 1.54) is 0 Å². The Kier molecular flexibility index (Phi) is 4.37. The highest BCUT2D eigenvalue weighted by molar-refractivity contribution is 6.27. The number of aldehydes is 1. The van der Waals surface area contributed by atoms with Crippen LogP contribution in [0.3, 0.4) is 0 Å². The molecule has 0 bridgehead atoms. The third-order valence-electron chi connectivity index (χ3n) is 4.58. The van der Waals surface area contributed by atoms with Gasteiger partial charge >= 0.3 is 0 Å². The Morgan fingerprint density at radius 3 is 2.85 bits per heavy atom. The zero-order valence-corrected chi connectivity index (χ0v) is 14.0. The standard InChI is InChI=1S/C19H17N5O2/c25-12-16(26)18-15-4-2-1-3-14(15)11-24(18)10-7-17-21-19(23-22-17)13-5-8-20-9-6-13/h1-6,8-9,12,18H,7,10-11H2,(H,21,22,23). The number of hydrogen-bond donors (Lipinski definition) is 1. The number of Topliss-reactive ketones (excluding diaryl/α,β-unsaturated/α-hetero) is 1. The summed E-state index contributed by atoms with van der Waals surface area (Å²) in [5.74, 6) is 0.947. The zero-order valence-electron chi connectivity index (χ0n) is 14.0. The van der Waals surface area contributed by atoms with Crippen molar-refractivity contribution in [3.05, 3.63) is 65.7 Å². The summed E-state index contributed by atoms with van der Waals surface area (Å²) in [5.41, 5.74) is 2.90. The van der Waals surface area contributed by atoms with Crippen LogP contribution < -0.4 is 0 Å². The summed E-state index contributed by atoms with van der Waals surface area (Å²) < 4.78 is 0. The van der Waals surface area contributed by atoms with Crippen molar-refractivity contribution < 1.29 is 9.59 Å². The lowest BCUT2D eigenvalue weighted by Crippen LogP contribution is -2.31. The van der Waals surface area contributed by atoms with Crippen molar-refractivity contribution in [3.63, 3.8) is 0 Å². The molecule has 1 aliphatic rings. The fourth-order valence-corrected chi connectivity index (χ4v) is 3.34. The number of benzene rings is 1. The lowest BCUT2D eigenvalue weighted by molar-refractivity contribution is -0.133. The van der Waals surface area contributed by atoms with E-state index >= 15 is 0 Å². The molecule has 7 heteroatoms. The SMILES string of the molecule is O=CC(=O)C1c2ccccc2CN1CCc1nc(-c2ccncc2)n[nH]1. The van der Waals surface area contributed by atoms with E-state index in [-0.39, 0.29) is 0 Å². The van der Waals surface area contributed by atoms with Gasteiger partial charge in [-0.3, -0.25) is 24.6 Å². The van der Waals surface area contributed by atoms with Crippen LogP contribution in [0.2, 0.25) is 0 Å². The maximum atomic E-state index is 12.1. The summed E-state index contributed by atoms with van der Waals surface area (Å²) in [6, 6.07) is 10.9. The number of carbonyl (C=O) groups is 2. The molecule has 0 aliphatic carbocycles. The summed E-state index contributed by atoms with van der Waals surface area (Å²) in [6.07, 6.45) is 4.41. The van der Waals surface area contributed by atoms with Crippen molar-refractivity contribution >= 4 is 12.1 Å². The Labute approximate surface area is 150 Å². The topological polar surface area (TPSA) is 91.8 Å². The lowest BCUT2D eigenvalue weighted by Gasteiger charge is -2.21. The third-order valence-corrected chi connectivity index (χ3v) is 4.58. The van der Waals surface area contributed by atoms with Crippen molar-refractivity contribution in [1.29, 1.82) is 0 Å². The van der Waals surface area contributed by atoms with Gasteiger partial charge in [0.25, 0.3) is 0 Å². The van der Waals surface area contributed by atoms with Gasteiger partial charge in [-0.1, -0.05) is 24.3 Å². The van der Waals surface area contributed by atoms with E-state index in [2.05, 4.69) is 20.2 Å². The third kappa shape index (κ3) is 3.04. The van der Waals surface area contributed by atoms with Crippen molar-refractivity contribution in [3.8, 4) is 11.4 Å². The molecule has 0 saturated heterocycles. The number of hydrogen-bond acceptors (Lipinski definition) is 6. The van der Waals surface area contributed by atoms with E-state index in [4.69, 9.17) is 0 Å². The van der Waals surface area contributed by atoms with E-state index in [9.17, 15) is 9.59 Å². The molecule has 0 spiro atoms. The molecule has 0 saturated carbocycles. The van der Waals surface area contributed by atoms with Crippen LogP contribution in [-0.4, -0.2) is 43.7 Å². The number of carbonyl (C=O) groups excluding carboxylic acids is 2. The van der Waals surface area contributed by atoms with Crippen LogP contribution in [0.25, 0.3) is 11.4 Å². The molecular weight excluding hydrogens is 330 g/mol. The molecule has 2 aromatic heterocycles. The molecule has 1 atom stereocenters. The second-order valence-electron chi connectivity index (χ2n) is 6.18. The summed E-state index contributed by atoms with van der Waals surface area (Å²) >= 11 is 0. The average molecular weight is 347 g/mol. The Morgan fingerprint density at radius 1 is 1.23 bits per heavy atom. The van der Waals surface area contributed by atoms with E-state index in [0.717, 1.165) is 22.5 Å². The van der Waals surface area contributed by atoms with Crippen LogP contribution in [-0.2, 0) is 22.6 Å². The summed E-state index contributed by atoms with van der Waals surface area (Å²) in [6.45, 7) is 1.25. The smallest absolute Gasteiger partial charge is 0.216 e. The minimum Gasteiger partial charge on any atom is -0.295 e. The highest BCUT2D eigenvalue weighted by Gasteiger charge is 2.34. The summed E-state index contributed by atoms with van der Waals surface area (Å²) in [4.78, 5) is 33.7. The predicted molar refractivity (Wildman–Crippen MR) is 94.0 cm³/mol. The molecule has 130 valence electrons. The van der Waals surface area contributed by atoms with Crippen molar-refractivity contribution in [2.24, 2.45) is 0 Å². The molecule has 4 rings (SSSR count). The van der Waals surface area contributed by atoms with Gasteiger partial charge in [-0.15, -0.1) is 0 Å². The van der Waals surface area contributed by atoms with Crippen LogP contribution in [0.15, 0.2) is 48.8 Å². The molecule has 1 unspecified atom stereocenters. The fourth-order valence-electron chi connectivity index (χ4n) is 3.34. The molecule has 26 heavy (non-hydrogen) atoms. The largest absolute Gasteiger partial charge is 0.295 e. The van der Waals surface area contributed by atoms with Crippen LogP contribution in [0.4, 0.5) is 0 Å². The van der Waals surface area contributed by atoms with Crippen molar-refractivity contribution in [2.45, 2.75) is 19.0 Å². The molecule has 7 nitrogen and oxygen atoms in total. The number of nitrogens with zero attached hydrogens (tertiary/aromatic N) is 4. The van der Waals surface area contributed by atoms with Gasteiger partial charge < -0.3 is 0 Å². The predicted octanol–water partition coefficient (Wildman–Crippen LogP) is 1.73. The van der Waals surface area contributed by atoms with Crippen molar-refractivity contribution in [1.82, 2.24) is 25.1 Å². The van der Waals surface area contributed by atoms with Gasteiger partial charge in [-0.05, 0) is 23.3 Å². The number of H-pyrrole nitrogens is 1. The number of ketones is 1. The minimum absolute atomic E-state index is 0.412. The van der Waals surface area contributed by atoms with Crippen LogP contribution in [0.5, 0.6) is 0 Å². The first-order chi connectivity index (χ1) is 12.8. The number of pyridine rings is 1. The van der Waals surface area contributed by atoms with Gasteiger partial charge in [-0.25, -0.2) is 4.98 Å². The molecule has 0 amide bonds. The summed E-state index contributed by atoms with van der Waals surface area (Å²) in [7, 11) is 0. The molecule has 0 radical (unpaired) electrons. The Hall–Kier alpha value is -3.19. The number of aromatic amines is 1. The zero-order chi connectivity index (χ0) is 17.9. The molecule has 1 aromatic carbocycles. The average Bonchev–Trinajstić information content (AvgIpc) is 3.31. The Bertz CT molecular complexity index is 938. The molecule has 3 aromatic rings. The first-order valence-electron chi connectivity index (χ1n) is 8.39. The van der Waals surface area contributed by atoms with Crippen molar-refractivity contribution in [2.75, 3.05) is 6.54 Å². The van der Waals surface area contributed by atoms with Gasteiger partial charge in [0.2, 0.25) is 5.78 Å². The van der Waals surface area contributed by atoms with Crippen LogP contribution in [0, 0.1) is 0 Å². The monoisotopic (exact) mass is 347 g/mol. The number of rotatable bonds is 6. The first-order valence-corrected chi connectivity index (χ1v) is 8.39. The van der Waals surface area contributed by atoms with Gasteiger partial charge in [-0.2, -0.15) is 5.10 Å². The van der Waals surface area contributed by atoms with Gasteiger partial charge in [0.15, 0.2) is 12.1 Å². The second-order valence-corrected chi connectivity index (χ2v) is 6.18. The highest BCUT2D eigenvalue weighted by atomic mass is 16.2. The molecule has 1 N–H and O–H groups in total. The molecule has 0 fully saturated rings. The summed E-state index contributed by atoms with van der Waals surface area (Å²) in [5, 5.41) is 7.18. The normalized spacial score (nSPS) is 16.4. The van der Waals surface area contributed by atoms with Gasteiger partial charge in [0.05, 0.1) is 0 Å². The Balaban J connectivity index is 1.49. The lowest BCUT2D eigenvalue weighted by atomic mass is 10.0. The fraction of sp³-hybridized carbons (Fsp3) is 0.211. The second kappa shape index (κ2) is 6.97. The van der Waals surface area contributed by atoms with E-state index in [1.807, 2.05) is 41.3 Å². The van der Waals surface area contributed by atoms with Crippen LogP contribution in [0.1, 0.15) is 23.0 Å². The van der Waals surface area contributed by atoms with E-state index in [0.29, 0.717) is 31.6 Å². The molecule has 1 aliphatic heterocycles. The van der Waals surface area contributed by atoms with E-state index in [1.54, 1.807) is 12.4 Å². The van der Waals surface area contributed by atoms with Crippen LogP contribution >= 0.6 is 0 Å². The molecule has 3 heterocycles. The number of fused-ring (bicyclic) bond motifs is 1. The number of nitrogens with one attached hydrogen (secondary N) is 1.